The molecule has 0 radical (unpaired) electrons. The Morgan fingerprint density at radius 2 is 2.25 bits per heavy atom. The van der Waals surface area contributed by atoms with E-state index in [2.05, 4.69) is 25.2 Å². The number of carbonyl (C=O) groups excluding carboxylic acids is 1. The fourth-order valence-electron chi connectivity index (χ4n) is 2.16. The summed E-state index contributed by atoms with van der Waals surface area (Å²) in [5.41, 5.74) is 2.19. The lowest BCUT2D eigenvalue weighted by Crippen LogP contribution is -2.24. The molecule has 0 atom stereocenters. The predicted octanol–water partition coefficient (Wildman–Crippen LogP) is 2.15. The lowest BCUT2D eigenvalue weighted by Gasteiger charge is -2.17. The molecule has 0 aliphatic carbocycles. The third-order valence-electron chi connectivity index (χ3n) is 3.27. The molecule has 1 aromatic carbocycles. The van der Waals surface area contributed by atoms with Gasteiger partial charge in [-0.2, -0.15) is 0 Å². The number of nitrogens with one attached hydrogen (secondary N) is 1. The number of amides is 1. The highest BCUT2D eigenvalue weighted by Crippen LogP contribution is 2.23. The molecule has 1 fully saturated rings. The van der Waals surface area contributed by atoms with Crippen molar-refractivity contribution in [3.63, 3.8) is 0 Å². The van der Waals surface area contributed by atoms with Crippen molar-refractivity contribution in [1.82, 2.24) is 10.2 Å². The lowest BCUT2D eigenvalue weighted by molar-refractivity contribution is 0.157. The molecule has 5 heteroatoms. The molecule has 0 aromatic heterocycles. The fraction of sp³-hybridized carbons (Fsp3) is 0.533. The SMILES string of the molecule is COc1ccc(CNC(C)C)cc1CN1CCOC1=O. The maximum atomic E-state index is 11.5. The fourth-order valence-corrected chi connectivity index (χ4v) is 2.16. The van der Waals surface area contributed by atoms with E-state index < -0.39 is 0 Å². The summed E-state index contributed by atoms with van der Waals surface area (Å²) in [5.74, 6) is 0.804. The molecule has 20 heavy (non-hydrogen) atoms. The zero-order valence-corrected chi connectivity index (χ0v) is 12.3. The average Bonchev–Trinajstić information content (AvgIpc) is 2.82. The topological polar surface area (TPSA) is 50.8 Å². The normalized spacial score (nSPS) is 14.8. The summed E-state index contributed by atoms with van der Waals surface area (Å²) in [6.07, 6.45) is -0.252. The molecule has 0 saturated carbocycles. The number of benzene rings is 1. The summed E-state index contributed by atoms with van der Waals surface area (Å²) in [6.45, 7) is 6.66. The Morgan fingerprint density at radius 3 is 2.85 bits per heavy atom. The Balaban J connectivity index is 2.11. The minimum absolute atomic E-state index is 0.252. The molecule has 2 rings (SSSR count). The molecular weight excluding hydrogens is 256 g/mol. The van der Waals surface area contributed by atoms with Crippen LogP contribution < -0.4 is 10.1 Å². The van der Waals surface area contributed by atoms with Gasteiger partial charge in [-0.3, -0.25) is 0 Å². The van der Waals surface area contributed by atoms with E-state index in [9.17, 15) is 4.79 Å². The van der Waals surface area contributed by atoms with E-state index in [-0.39, 0.29) is 6.09 Å². The van der Waals surface area contributed by atoms with Crippen LogP contribution in [0.1, 0.15) is 25.0 Å². The predicted molar refractivity (Wildman–Crippen MR) is 76.7 cm³/mol. The molecule has 5 nitrogen and oxygen atoms in total. The zero-order chi connectivity index (χ0) is 14.5. The summed E-state index contributed by atoms with van der Waals surface area (Å²) in [4.78, 5) is 13.2. The van der Waals surface area contributed by atoms with Crippen molar-refractivity contribution in [1.29, 1.82) is 0 Å². The average molecular weight is 278 g/mol. The summed E-state index contributed by atoms with van der Waals surface area (Å²) in [5, 5.41) is 3.38. The molecule has 0 unspecified atom stereocenters. The van der Waals surface area contributed by atoms with E-state index in [1.807, 2.05) is 12.1 Å². The monoisotopic (exact) mass is 278 g/mol. The highest BCUT2D eigenvalue weighted by Gasteiger charge is 2.23. The van der Waals surface area contributed by atoms with Crippen LogP contribution in [0.4, 0.5) is 4.79 Å². The molecule has 1 amide bonds. The summed E-state index contributed by atoms with van der Waals surface area (Å²) < 4.78 is 10.3. The molecular formula is C15H22N2O3. The van der Waals surface area contributed by atoms with E-state index in [0.29, 0.717) is 25.7 Å². The number of nitrogens with zero attached hydrogens (tertiary/aromatic N) is 1. The number of ether oxygens (including phenoxy) is 2. The molecule has 1 aliphatic heterocycles. The van der Waals surface area contributed by atoms with Gasteiger partial charge >= 0.3 is 6.09 Å². The van der Waals surface area contributed by atoms with Crippen LogP contribution in [0.25, 0.3) is 0 Å². The van der Waals surface area contributed by atoms with Crippen LogP contribution in [0, 0.1) is 0 Å². The number of hydrogen-bond donors (Lipinski definition) is 1. The van der Waals surface area contributed by atoms with E-state index in [1.165, 1.54) is 5.56 Å². The smallest absolute Gasteiger partial charge is 0.410 e. The molecule has 1 aromatic rings. The van der Waals surface area contributed by atoms with Crippen molar-refractivity contribution < 1.29 is 14.3 Å². The van der Waals surface area contributed by atoms with Crippen LogP contribution in [-0.2, 0) is 17.8 Å². The standard InChI is InChI=1S/C15H22N2O3/c1-11(2)16-9-12-4-5-14(19-3)13(8-12)10-17-6-7-20-15(17)18/h4-5,8,11,16H,6-7,9-10H2,1-3H3. The number of carbonyl (C=O) groups is 1. The first-order valence-electron chi connectivity index (χ1n) is 6.91. The summed E-state index contributed by atoms with van der Waals surface area (Å²) >= 11 is 0. The van der Waals surface area contributed by atoms with Crippen molar-refractivity contribution in [2.24, 2.45) is 0 Å². The Bertz CT molecular complexity index is 474. The van der Waals surface area contributed by atoms with Gasteiger partial charge in [-0.05, 0) is 17.7 Å². The van der Waals surface area contributed by atoms with Gasteiger partial charge in [-0.15, -0.1) is 0 Å². The number of hydrogen-bond acceptors (Lipinski definition) is 4. The van der Waals surface area contributed by atoms with Crippen molar-refractivity contribution in [2.75, 3.05) is 20.3 Å². The van der Waals surface area contributed by atoms with Crippen molar-refractivity contribution in [3.05, 3.63) is 29.3 Å². The van der Waals surface area contributed by atoms with Crippen molar-refractivity contribution in [3.8, 4) is 5.75 Å². The van der Waals surface area contributed by atoms with Gasteiger partial charge in [0.2, 0.25) is 0 Å². The number of cyclic esters (lactones) is 1. The second-order valence-corrected chi connectivity index (χ2v) is 5.22. The van der Waals surface area contributed by atoms with Gasteiger partial charge in [0.25, 0.3) is 0 Å². The first-order valence-corrected chi connectivity index (χ1v) is 6.91. The van der Waals surface area contributed by atoms with Gasteiger partial charge in [0, 0.05) is 18.2 Å². The van der Waals surface area contributed by atoms with Gasteiger partial charge in [0.15, 0.2) is 0 Å². The zero-order valence-electron chi connectivity index (χ0n) is 12.3. The Labute approximate surface area is 119 Å². The number of methoxy groups -OCH3 is 1. The van der Waals surface area contributed by atoms with Crippen LogP contribution in [0.5, 0.6) is 5.75 Å². The van der Waals surface area contributed by atoms with E-state index in [1.54, 1.807) is 12.0 Å². The molecule has 1 saturated heterocycles. The molecule has 1 heterocycles. The van der Waals surface area contributed by atoms with Crippen LogP contribution in [-0.4, -0.2) is 37.3 Å². The molecule has 0 bridgehead atoms. The molecule has 0 spiro atoms. The minimum atomic E-state index is -0.252. The highest BCUT2D eigenvalue weighted by atomic mass is 16.6. The largest absolute Gasteiger partial charge is 0.496 e. The Kier molecular flexibility index (Phi) is 4.84. The van der Waals surface area contributed by atoms with Crippen LogP contribution in [0.3, 0.4) is 0 Å². The quantitative estimate of drug-likeness (QED) is 0.866. The van der Waals surface area contributed by atoms with E-state index in [4.69, 9.17) is 9.47 Å². The molecule has 110 valence electrons. The van der Waals surface area contributed by atoms with E-state index in [0.717, 1.165) is 17.9 Å². The minimum Gasteiger partial charge on any atom is -0.496 e. The van der Waals surface area contributed by atoms with E-state index >= 15 is 0 Å². The van der Waals surface area contributed by atoms with Crippen LogP contribution in [0.15, 0.2) is 18.2 Å². The highest BCUT2D eigenvalue weighted by molar-refractivity contribution is 5.69. The van der Waals surface area contributed by atoms with Gasteiger partial charge in [-0.1, -0.05) is 19.9 Å². The Morgan fingerprint density at radius 1 is 1.45 bits per heavy atom. The molecule has 1 N–H and O–H groups in total. The van der Waals surface area contributed by atoms with Crippen LogP contribution >= 0.6 is 0 Å². The van der Waals surface area contributed by atoms with Gasteiger partial charge in [0.05, 0.1) is 20.2 Å². The first-order chi connectivity index (χ1) is 9.60. The van der Waals surface area contributed by atoms with Crippen LogP contribution in [0.2, 0.25) is 0 Å². The second kappa shape index (κ2) is 6.61. The van der Waals surface area contributed by atoms with Gasteiger partial charge < -0.3 is 19.7 Å². The first kappa shape index (κ1) is 14.7. The number of rotatable bonds is 6. The summed E-state index contributed by atoms with van der Waals surface area (Å²) in [6, 6.07) is 6.52. The third kappa shape index (κ3) is 3.63. The lowest BCUT2D eigenvalue weighted by atomic mass is 10.1. The maximum Gasteiger partial charge on any atom is 0.410 e. The summed E-state index contributed by atoms with van der Waals surface area (Å²) in [7, 11) is 1.65. The molecule has 1 aliphatic rings. The van der Waals surface area contributed by atoms with Crippen molar-refractivity contribution >= 4 is 6.09 Å². The maximum absolute atomic E-state index is 11.5. The van der Waals surface area contributed by atoms with Gasteiger partial charge in [-0.25, -0.2) is 4.79 Å². The second-order valence-electron chi connectivity index (χ2n) is 5.22. The Hall–Kier alpha value is -1.75. The van der Waals surface area contributed by atoms with Gasteiger partial charge in [0.1, 0.15) is 12.4 Å². The third-order valence-corrected chi connectivity index (χ3v) is 3.27. The van der Waals surface area contributed by atoms with Crippen molar-refractivity contribution in [2.45, 2.75) is 33.0 Å².